The Balaban J connectivity index is 2.12. The van der Waals surface area contributed by atoms with E-state index in [2.05, 4.69) is 26.5 Å². The molecule has 0 saturated heterocycles. The van der Waals surface area contributed by atoms with Gasteiger partial charge in [0.25, 0.3) is 5.91 Å². The Morgan fingerprint density at radius 1 is 1.17 bits per heavy atom. The van der Waals surface area contributed by atoms with Gasteiger partial charge in [0.05, 0.1) is 23.8 Å². The van der Waals surface area contributed by atoms with E-state index in [1.54, 1.807) is 12.1 Å². The quantitative estimate of drug-likeness (QED) is 0.487. The lowest BCUT2D eigenvalue weighted by atomic mass is 10.1. The molecular formula is C20H25BrN4O3S. The summed E-state index contributed by atoms with van der Waals surface area (Å²) in [4.78, 5) is 14.3. The summed E-state index contributed by atoms with van der Waals surface area (Å²) in [6.45, 7) is 3.36. The third kappa shape index (κ3) is 6.04. The predicted molar refractivity (Wildman–Crippen MR) is 122 cm³/mol. The molecule has 0 atom stereocenters. The van der Waals surface area contributed by atoms with E-state index >= 15 is 0 Å². The van der Waals surface area contributed by atoms with E-state index in [1.165, 1.54) is 6.21 Å². The zero-order valence-corrected chi connectivity index (χ0v) is 19.5. The van der Waals surface area contributed by atoms with Gasteiger partial charge in [0.15, 0.2) is 0 Å². The summed E-state index contributed by atoms with van der Waals surface area (Å²) < 4.78 is 26.5. The largest absolute Gasteiger partial charge is 0.377 e. The molecule has 0 saturated carbocycles. The van der Waals surface area contributed by atoms with Crippen LogP contribution >= 0.6 is 15.9 Å². The molecule has 29 heavy (non-hydrogen) atoms. The van der Waals surface area contributed by atoms with Crippen LogP contribution in [0.25, 0.3) is 0 Å². The van der Waals surface area contributed by atoms with Gasteiger partial charge in [0.1, 0.15) is 6.54 Å². The number of nitrogens with one attached hydrogen (secondary N) is 1. The third-order valence-corrected chi connectivity index (χ3v) is 6.15. The minimum absolute atomic E-state index is 0.357. The highest BCUT2D eigenvalue weighted by molar-refractivity contribution is 9.10. The smallest absolute Gasteiger partial charge is 0.260 e. The van der Waals surface area contributed by atoms with Crippen molar-refractivity contribution in [2.45, 2.75) is 13.8 Å². The van der Waals surface area contributed by atoms with Crippen molar-refractivity contribution in [1.82, 2.24) is 5.43 Å². The first-order valence-electron chi connectivity index (χ1n) is 8.83. The Labute approximate surface area is 180 Å². The molecule has 0 aliphatic carbocycles. The van der Waals surface area contributed by atoms with Crippen molar-refractivity contribution in [1.29, 1.82) is 0 Å². The zero-order chi connectivity index (χ0) is 21.8. The highest BCUT2D eigenvalue weighted by Crippen LogP contribution is 2.26. The molecule has 0 bridgehead atoms. The number of aryl methyl sites for hydroxylation is 1. The molecule has 2 aromatic rings. The van der Waals surface area contributed by atoms with Gasteiger partial charge in [-0.15, -0.1) is 0 Å². The molecule has 0 aromatic heterocycles. The Hall–Kier alpha value is -2.39. The maximum Gasteiger partial charge on any atom is 0.260 e. The van der Waals surface area contributed by atoms with Gasteiger partial charge in [-0.1, -0.05) is 18.2 Å². The molecule has 9 heteroatoms. The summed E-state index contributed by atoms with van der Waals surface area (Å²) in [5, 5.41) is 3.95. The monoisotopic (exact) mass is 480 g/mol. The zero-order valence-electron chi connectivity index (χ0n) is 17.1. The molecule has 2 rings (SSSR count). The van der Waals surface area contributed by atoms with Crippen molar-refractivity contribution in [3.63, 3.8) is 0 Å². The van der Waals surface area contributed by atoms with Crippen LogP contribution in [0.3, 0.4) is 0 Å². The van der Waals surface area contributed by atoms with E-state index < -0.39 is 15.9 Å². The van der Waals surface area contributed by atoms with Crippen molar-refractivity contribution >= 4 is 49.4 Å². The fourth-order valence-electron chi connectivity index (χ4n) is 2.70. The standard InChI is InChI=1S/C20H25BrN4O3S/c1-14-7-6-8-18(15(14)2)25(29(5,27)28)13-20(26)23-22-12-16-9-10-19(24(3)4)17(21)11-16/h6-12H,13H2,1-5H3,(H,23,26)/b22-12-. The number of rotatable bonds is 7. The van der Waals surface area contributed by atoms with Gasteiger partial charge in [-0.05, 0) is 64.7 Å². The maximum absolute atomic E-state index is 12.3. The minimum atomic E-state index is -3.64. The number of nitrogens with zero attached hydrogens (tertiary/aromatic N) is 3. The molecule has 156 valence electrons. The van der Waals surface area contributed by atoms with Crippen LogP contribution in [0.4, 0.5) is 11.4 Å². The average Bonchev–Trinajstić information content (AvgIpc) is 2.61. The van der Waals surface area contributed by atoms with E-state index in [9.17, 15) is 13.2 Å². The molecule has 7 nitrogen and oxygen atoms in total. The fraction of sp³-hybridized carbons (Fsp3) is 0.300. The van der Waals surface area contributed by atoms with Crippen LogP contribution < -0.4 is 14.6 Å². The number of halogens is 1. The van der Waals surface area contributed by atoms with E-state index in [1.807, 2.05) is 57.1 Å². The van der Waals surface area contributed by atoms with Gasteiger partial charge in [-0.25, -0.2) is 13.8 Å². The number of hydrogen-bond acceptors (Lipinski definition) is 5. The van der Waals surface area contributed by atoms with Crippen LogP contribution in [0.1, 0.15) is 16.7 Å². The highest BCUT2D eigenvalue weighted by atomic mass is 79.9. The number of anilines is 2. The van der Waals surface area contributed by atoms with Crippen LogP contribution in [0.5, 0.6) is 0 Å². The molecule has 0 fully saturated rings. The second kappa shape index (κ2) is 9.41. The van der Waals surface area contributed by atoms with Crippen molar-refractivity contribution < 1.29 is 13.2 Å². The molecular weight excluding hydrogens is 456 g/mol. The summed E-state index contributed by atoms with van der Waals surface area (Å²) in [6.07, 6.45) is 2.58. The van der Waals surface area contributed by atoms with Crippen molar-refractivity contribution in [3.8, 4) is 0 Å². The Morgan fingerprint density at radius 2 is 1.86 bits per heavy atom. The van der Waals surface area contributed by atoms with Gasteiger partial charge in [-0.2, -0.15) is 5.10 Å². The first-order chi connectivity index (χ1) is 13.5. The van der Waals surface area contributed by atoms with Crippen LogP contribution in [0, 0.1) is 13.8 Å². The first-order valence-corrected chi connectivity index (χ1v) is 11.5. The van der Waals surface area contributed by atoms with Crippen LogP contribution in [0.2, 0.25) is 0 Å². The lowest BCUT2D eigenvalue weighted by molar-refractivity contribution is -0.119. The van der Waals surface area contributed by atoms with E-state index in [0.29, 0.717) is 5.69 Å². The normalized spacial score (nSPS) is 11.5. The Kier molecular flexibility index (Phi) is 7.43. The number of benzene rings is 2. The molecule has 0 aliphatic heterocycles. The first kappa shape index (κ1) is 22.9. The van der Waals surface area contributed by atoms with Crippen molar-refractivity contribution in [3.05, 3.63) is 57.6 Å². The Bertz CT molecular complexity index is 1040. The molecule has 0 unspecified atom stereocenters. The number of sulfonamides is 1. The predicted octanol–water partition coefficient (Wildman–Crippen LogP) is 3.05. The topological polar surface area (TPSA) is 82.1 Å². The number of carbonyl (C=O) groups is 1. The van der Waals surface area contributed by atoms with E-state index in [4.69, 9.17) is 0 Å². The molecule has 1 N–H and O–H groups in total. The van der Waals surface area contributed by atoms with Crippen LogP contribution in [-0.4, -0.2) is 47.4 Å². The van der Waals surface area contributed by atoms with Gasteiger partial charge >= 0.3 is 0 Å². The van der Waals surface area contributed by atoms with E-state index in [-0.39, 0.29) is 6.54 Å². The van der Waals surface area contributed by atoms with Crippen LogP contribution in [0.15, 0.2) is 46.0 Å². The average molecular weight is 481 g/mol. The summed E-state index contributed by atoms with van der Waals surface area (Å²) in [7, 11) is 0.246. The molecule has 0 heterocycles. The number of hydrazone groups is 1. The number of hydrogen-bond donors (Lipinski definition) is 1. The van der Waals surface area contributed by atoms with E-state index in [0.717, 1.165) is 37.4 Å². The summed E-state index contributed by atoms with van der Waals surface area (Å²) in [5.74, 6) is -0.531. The molecule has 2 aromatic carbocycles. The number of carbonyl (C=O) groups excluding carboxylic acids is 1. The SMILES string of the molecule is Cc1cccc(N(CC(=O)N/N=C\c2ccc(N(C)C)c(Br)c2)S(C)(=O)=O)c1C. The lowest BCUT2D eigenvalue weighted by Gasteiger charge is -2.23. The summed E-state index contributed by atoms with van der Waals surface area (Å²) >= 11 is 3.50. The van der Waals surface area contributed by atoms with Gasteiger partial charge < -0.3 is 4.90 Å². The summed E-state index contributed by atoms with van der Waals surface area (Å²) in [5.41, 5.74) is 6.43. The molecule has 0 spiro atoms. The van der Waals surface area contributed by atoms with Gasteiger partial charge in [0, 0.05) is 18.6 Å². The minimum Gasteiger partial charge on any atom is -0.377 e. The van der Waals surface area contributed by atoms with Crippen LogP contribution in [-0.2, 0) is 14.8 Å². The second-order valence-electron chi connectivity index (χ2n) is 6.89. The Morgan fingerprint density at radius 3 is 2.45 bits per heavy atom. The second-order valence-corrected chi connectivity index (χ2v) is 9.65. The fourth-order valence-corrected chi connectivity index (χ4v) is 4.36. The summed E-state index contributed by atoms with van der Waals surface area (Å²) in [6, 6.07) is 11.0. The molecule has 0 radical (unpaired) electrons. The maximum atomic E-state index is 12.3. The molecule has 0 aliphatic rings. The molecule has 1 amide bonds. The van der Waals surface area contributed by atoms with Crippen molar-refractivity contribution in [2.24, 2.45) is 5.10 Å². The van der Waals surface area contributed by atoms with Gasteiger partial charge in [-0.3, -0.25) is 9.10 Å². The highest BCUT2D eigenvalue weighted by Gasteiger charge is 2.22. The lowest BCUT2D eigenvalue weighted by Crippen LogP contribution is -2.39. The van der Waals surface area contributed by atoms with Crippen molar-refractivity contribution in [2.75, 3.05) is 36.1 Å². The van der Waals surface area contributed by atoms with Gasteiger partial charge in [0.2, 0.25) is 10.0 Å². The third-order valence-electron chi connectivity index (χ3n) is 4.39. The number of amides is 1.